The highest BCUT2D eigenvalue weighted by Gasteiger charge is 2.27. The predicted molar refractivity (Wildman–Crippen MR) is 86.0 cm³/mol. The number of rotatable bonds is 5. The third-order valence-corrected chi connectivity index (χ3v) is 4.03. The summed E-state index contributed by atoms with van der Waals surface area (Å²) < 4.78 is 0. The largest absolute Gasteiger partial charge is 0.366 e. The minimum atomic E-state index is -0.559. The van der Waals surface area contributed by atoms with Gasteiger partial charge in [-0.05, 0) is 25.3 Å². The van der Waals surface area contributed by atoms with Crippen molar-refractivity contribution in [1.29, 1.82) is 0 Å². The molecule has 22 heavy (non-hydrogen) atoms. The lowest BCUT2D eigenvalue weighted by Crippen LogP contribution is -2.43. The fraction of sp³-hybridized carbons (Fsp3) is 0.533. The maximum atomic E-state index is 12.1. The summed E-state index contributed by atoms with van der Waals surface area (Å²) in [5.41, 5.74) is 5.50. The van der Waals surface area contributed by atoms with Crippen molar-refractivity contribution in [2.75, 3.05) is 24.5 Å². The zero-order valence-corrected chi connectivity index (χ0v) is 13.4. The minimum Gasteiger partial charge on any atom is -0.366 e. The van der Waals surface area contributed by atoms with Gasteiger partial charge in [-0.25, -0.2) is 4.98 Å². The fourth-order valence-corrected chi connectivity index (χ4v) is 2.86. The van der Waals surface area contributed by atoms with Crippen LogP contribution in [0.3, 0.4) is 0 Å². The first-order chi connectivity index (χ1) is 10.5. The van der Waals surface area contributed by atoms with E-state index in [1.807, 2.05) is 11.8 Å². The van der Waals surface area contributed by atoms with E-state index in [0.717, 1.165) is 25.8 Å². The Hall–Kier alpha value is -1.82. The molecule has 1 fully saturated rings. The van der Waals surface area contributed by atoms with Crippen LogP contribution in [0.25, 0.3) is 0 Å². The number of aromatic nitrogens is 1. The van der Waals surface area contributed by atoms with Crippen LogP contribution in [-0.2, 0) is 4.79 Å². The highest BCUT2D eigenvalue weighted by Crippen LogP contribution is 2.28. The number of piperidine rings is 1. The summed E-state index contributed by atoms with van der Waals surface area (Å²) in [6.07, 6.45) is 4.11. The molecule has 0 aliphatic carbocycles. The molecule has 3 N–H and O–H groups in total. The summed E-state index contributed by atoms with van der Waals surface area (Å²) in [5.74, 6) is 0.0569. The molecule has 7 heteroatoms. The van der Waals surface area contributed by atoms with Gasteiger partial charge in [-0.3, -0.25) is 9.59 Å². The number of carbonyl (C=O) groups is 2. The van der Waals surface area contributed by atoms with E-state index in [4.69, 9.17) is 17.3 Å². The number of anilines is 1. The average molecular weight is 325 g/mol. The van der Waals surface area contributed by atoms with Crippen LogP contribution in [0.15, 0.2) is 12.3 Å². The number of nitrogens with zero attached hydrogens (tertiary/aromatic N) is 2. The van der Waals surface area contributed by atoms with Gasteiger partial charge in [0.25, 0.3) is 0 Å². The second-order valence-electron chi connectivity index (χ2n) is 5.47. The van der Waals surface area contributed by atoms with Crippen molar-refractivity contribution in [3.8, 4) is 0 Å². The van der Waals surface area contributed by atoms with Gasteiger partial charge in [0, 0.05) is 25.8 Å². The lowest BCUT2D eigenvalue weighted by atomic mass is 9.97. The second-order valence-corrected chi connectivity index (χ2v) is 5.88. The van der Waals surface area contributed by atoms with Gasteiger partial charge in [0.15, 0.2) is 0 Å². The highest BCUT2D eigenvalue weighted by molar-refractivity contribution is 6.33. The summed E-state index contributed by atoms with van der Waals surface area (Å²) in [7, 11) is 0. The summed E-state index contributed by atoms with van der Waals surface area (Å²) in [6, 6.07) is 1.52. The number of hydrogen-bond donors (Lipinski definition) is 2. The van der Waals surface area contributed by atoms with Crippen molar-refractivity contribution in [2.45, 2.75) is 26.2 Å². The first-order valence-corrected chi connectivity index (χ1v) is 7.88. The molecular formula is C15H21ClN4O2. The Morgan fingerprint density at radius 3 is 2.95 bits per heavy atom. The van der Waals surface area contributed by atoms with Crippen molar-refractivity contribution in [3.63, 3.8) is 0 Å². The Bertz CT molecular complexity index is 564. The van der Waals surface area contributed by atoms with Gasteiger partial charge in [0.05, 0.1) is 16.5 Å². The zero-order valence-electron chi connectivity index (χ0n) is 12.6. The normalized spacial score (nSPS) is 18.1. The predicted octanol–water partition coefficient (Wildman–Crippen LogP) is 1.58. The average Bonchev–Trinajstić information content (AvgIpc) is 2.52. The lowest BCUT2D eigenvalue weighted by molar-refractivity contribution is -0.125. The van der Waals surface area contributed by atoms with Gasteiger partial charge < -0.3 is 16.0 Å². The molecule has 1 aliphatic rings. The number of hydrogen-bond acceptors (Lipinski definition) is 4. The SMILES string of the molecule is CCCNC(=O)C1CCCN(c2ncc(C(N)=O)cc2Cl)C1. The van der Waals surface area contributed by atoms with E-state index in [1.165, 1.54) is 12.3 Å². The molecule has 0 bridgehead atoms. The highest BCUT2D eigenvalue weighted by atomic mass is 35.5. The molecule has 2 heterocycles. The molecule has 0 aromatic carbocycles. The second kappa shape index (κ2) is 7.45. The Morgan fingerprint density at radius 2 is 2.32 bits per heavy atom. The topological polar surface area (TPSA) is 88.3 Å². The Balaban J connectivity index is 2.09. The molecule has 1 aromatic rings. The fourth-order valence-electron chi connectivity index (χ4n) is 2.57. The molecule has 1 saturated heterocycles. The van der Waals surface area contributed by atoms with Crippen LogP contribution >= 0.6 is 11.6 Å². The number of nitrogens with two attached hydrogens (primary N) is 1. The Morgan fingerprint density at radius 1 is 1.55 bits per heavy atom. The zero-order chi connectivity index (χ0) is 16.1. The summed E-state index contributed by atoms with van der Waals surface area (Å²) in [5, 5.41) is 3.31. The maximum absolute atomic E-state index is 12.1. The van der Waals surface area contributed by atoms with E-state index in [1.54, 1.807) is 0 Å². The van der Waals surface area contributed by atoms with Crippen molar-refractivity contribution in [1.82, 2.24) is 10.3 Å². The van der Waals surface area contributed by atoms with Crippen molar-refractivity contribution >= 4 is 29.2 Å². The molecule has 6 nitrogen and oxygen atoms in total. The molecular weight excluding hydrogens is 304 g/mol. The van der Waals surface area contributed by atoms with Gasteiger partial charge in [-0.2, -0.15) is 0 Å². The maximum Gasteiger partial charge on any atom is 0.250 e. The van der Waals surface area contributed by atoms with E-state index in [0.29, 0.717) is 23.9 Å². The van der Waals surface area contributed by atoms with Crippen LogP contribution in [-0.4, -0.2) is 36.4 Å². The number of pyridine rings is 1. The summed E-state index contributed by atoms with van der Waals surface area (Å²) >= 11 is 6.21. The van der Waals surface area contributed by atoms with E-state index >= 15 is 0 Å². The lowest BCUT2D eigenvalue weighted by Gasteiger charge is -2.33. The molecule has 120 valence electrons. The van der Waals surface area contributed by atoms with Gasteiger partial charge in [0.2, 0.25) is 11.8 Å². The Labute approximate surface area is 135 Å². The van der Waals surface area contributed by atoms with Crippen LogP contribution in [0.1, 0.15) is 36.5 Å². The van der Waals surface area contributed by atoms with E-state index in [-0.39, 0.29) is 17.4 Å². The number of halogens is 1. The van der Waals surface area contributed by atoms with Crippen LogP contribution in [0, 0.1) is 5.92 Å². The van der Waals surface area contributed by atoms with Crippen LogP contribution in [0.2, 0.25) is 5.02 Å². The van der Waals surface area contributed by atoms with Gasteiger partial charge >= 0.3 is 0 Å². The van der Waals surface area contributed by atoms with Gasteiger partial charge in [-0.1, -0.05) is 18.5 Å². The molecule has 2 rings (SSSR count). The summed E-state index contributed by atoms with van der Waals surface area (Å²) in [6.45, 7) is 4.09. The van der Waals surface area contributed by atoms with Crippen molar-refractivity contribution < 1.29 is 9.59 Å². The third kappa shape index (κ3) is 3.88. The molecule has 1 aliphatic heterocycles. The minimum absolute atomic E-state index is 0.0611. The van der Waals surface area contributed by atoms with Crippen molar-refractivity contribution in [3.05, 3.63) is 22.8 Å². The molecule has 2 amide bonds. The van der Waals surface area contributed by atoms with E-state index in [2.05, 4.69) is 10.3 Å². The molecule has 1 unspecified atom stereocenters. The molecule has 0 spiro atoms. The van der Waals surface area contributed by atoms with Gasteiger partial charge in [-0.15, -0.1) is 0 Å². The smallest absolute Gasteiger partial charge is 0.250 e. The van der Waals surface area contributed by atoms with Gasteiger partial charge in [0.1, 0.15) is 5.82 Å². The first kappa shape index (κ1) is 16.5. The Kier molecular flexibility index (Phi) is 5.60. The summed E-state index contributed by atoms with van der Waals surface area (Å²) in [4.78, 5) is 29.5. The quantitative estimate of drug-likeness (QED) is 0.860. The number of carbonyl (C=O) groups excluding carboxylic acids is 2. The molecule has 0 saturated carbocycles. The standard InChI is InChI=1S/C15H21ClN4O2/c1-2-5-18-15(22)10-4-3-6-20(9-10)14-12(16)7-11(8-19-14)13(17)21/h7-8,10H,2-6,9H2,1H3,(H2,17,21)(H,18,22). The molecule has 1 aromatic heterocycles. The molecule has 0 radical (unpaired) electrons. The van der Waals surface area contributed by atoms with E-state index in [9.17, 15) is 9.59 Å². The molecule has 1 atom stereocenters. The van der Waals surface area contributed by atoms with Crippen LogP contribution in [0.4, 0.5) is 5.82 Å². The van der Waals surface area contributed by atoms with Crippen LogP contribution < -0.4 is 16.0 Å². The van der Waals surface area contributed by atoms with Crippen LogP contribution in [0.5, 0.6) is 0 Å². The van der Waals surface area contributed by atoms with Crippen molar-refractivity contribution in [2.24, 2.45) is 11.7 Å². The third-order valence-electron chi connectivity index (χ3n) is 3.75. The number of amides is 2. The van der Waals surface area contributed by atoms with E-state index < -0.39 is 5.91 Å². The number of nitrogens with one attached hydrogen (secondary N) is 1. The number of primary amides is 1. The monoisotopic (exact) mass is 324 g/mol. The first-order valence-electron chi connectivity index (χ1n) is 7.51.